The number of hydrogen-bond donors (Lipinski definition) is 2. The molecule has 0 saturated heterocycles. The number of carbonyl (C=O) groups excluding carboxylic acids is 1. The van der Waals surface area contributed by atoms with Crippen LogP contribution in [-0.4, -0.2) is 22.7 Å². The third-order valence-corrected chi connectivity index (χ3v) is 5.01. The minimum absolute atomic E-state index is 0.124. The van der Waals surface area contributed by atoms with Crippen LogP contribution in [0.15, 0.2) is 72.8 Å². The Morgan fingerprint density at radius 3 is 1.89 bits per heavy atom. The highest BCUT2D eigenvalue weighted by Gasteiger charge is 2.53. The summed E-state index contributed by atoms with van der Waals surface area (Å²) in [6.07, 6.45) is 5.52. The molecule has 0 bridgehead atoms. The van der Waals surface area contributed by atoms with E-state index in [1.54, 1.807) is 53.4 Å². The fourth-order valence-corrected chi connectivity index (χ4v) is 3.85. The summed E-state index contributed by atoms with van der Waals surface area (Å²) < 4.78 is 0. The molecule has 0 radical (unpaired) electrons. The molecule has 132 valence electrons. The topological polar surface area (TPSA) is 60.8 Å². The Bertz CT molecular complexity index is 1000. The number of fused-ring (bicyclic) bond motifs is 1. The molecule has 4 rings (SSSR count). The van der Waals surface area contributed by atoms with Gasteiger partial charge in [-0.3, -0.25) is 9.69 Å². The van der Waals surface area contributed by atoms with E-state index >= 15 is 0 Å². The van der Waals surface area contributed by atoms with Gasteiger partial charge in [0, 0.05) is 11.3 Å². The number of anilines is 1. The maximum atomic E-state index is 13.8. The van der Waals surface area contributed by atoms with Crippen molar-refractivity contribution in [1.82, 2.24) is 0 Å². The molecule has 1 aliphatic rings. The van der Waals surface area contributed by atoms with Gasteiger partial charge in [0.1, 0.15) is 16.9 Å². The van der Waals surface area contributed by atoms with Gasteiger partial charge in [-0.1, -0.05) is 48.4 Å². The standard InChI is InChI=1S/C23H17NO3/c1-2-15-24-21-6-4-3-5-20(21)23(22(24)27,16-7-11-18(25)12-8-16)17-9-13-19(26)14-10-17/h1,3-14,25-26H,15H2. The molecule has 2 N–H and O–H groups in total. The maximum absolute atomic E-state index is 13.8. The normalized spacial score (nSPS) is 14.6. The molecule has 1 aliphatic heterocycles. The summed E-state index contributed by atoms with van der Waals surface area (Å²) in [6, 6.07) is 20.8. The van der Waals surface area contributed by atoms with Crippen molar-refractivity contribution >= 4 is 11.6 Å². The van der Waals surface area contributed by atoms with Gasteiger partial charge in [-0.2, -0.15) is 0 Å². The third kappa shape index (κ3) is 2.37. The minimum atomic E-state index is -1.10. The Morgan fingerprint density at radius 2 is 1.37 bits per heavy atom. The zero-order chi connectivity index (χ0) is 19.0. The molecule has 0 aromatic heterocycles. The van der Waals surface area contributed by atoms with Gasteiger partial charge < -0.3 is 10.2 Å². The van der Waals surface area contributed by atoms with E-state index in [1.165, 1.54) is 0 Å². The van der Waals surface area contributed by atoms with Gasteiger partial charge in [-0.25, -0.2) is 0 Å². The van der Waals surface area contributed by atoms with Crippen LogP contribution < -0.4 is 4.90 Å². The fourth-order valence-electron chi connectivity index (χ4n) is 3.85. The molecule has 27 heavy (non-hydrogen) atoms. The molecule has 0 spiro atoms. The molecule has 4 heteroatoms. The second-order valence-corrected chi connectivity index (χ2v) is 6.46. The molecule has 0 aliphatic carbocycles. The van der Waals surface area contributed by atoms with Crippen molar-refractivity contribution in [1.29, 1.82) is 0 Å². The third-order valence-electron chi connectivity index (χ3n) is 5.01. The second-order valence-electron chi connectivity index (χ2n) is 6.46. The lowest BCUT2D eigenvalue weighted by Gasteiger charge is -2.30. The number of phenols is 2. The number of phenolic OH excluding ortho intramolecular Hbond substituents is 2. The van der Waals surface area contributed by atoms with Crippen LogP contribution in [0.5, 0.6) is 11.5 Å². The summed E-state index contributed by atoms with van der Waals surface area (Å²) in [5.41, 5.74) is 1.93. The van der Waals surface area contributed by atoms with Crippen LogP contribution in [0, 0.1) is 12.3 Å². The molecule has 0 fully saturated rings. The first-order chi connectivity index (χ1) is 13.1. The van der Waals surface area contributed by atoms with E-state index in [4.69, 9.17) is 6.42 Å². The van der Waals surface area contributed by atoms with Crippen molar-refractivity contribution in [2.75, 3.05) is 11.4 Å². The average Bonchev–Trinajstić information content (AvgIpc) is 2.93. The number of benzene rings is 3. The zero-order valence-electron chi connectivity index (χ0n) is 14.5. The second kappa shape index (κ2) is 6.22. The summed E-state index contributed by atoms with van der Waals surface area (Å²) in [7, 11) is 0. The number of terminal acetylenes is 1. The van der Waals surface area contributed by atoms with Crippen LogP contribution in [0.1, 0.15) is 16.7 Å². The Morgan fingerprint density at radius 1 is 0.852 bits per heavy atom. The summed E-state index contributed by atoms with van der Waals surface area (Å²) in [5, 5.41) is 19.5. The summed E-state index contributed by atoms with van der Waals surface area (Å²) in [4.78, 5) is 15.4. The van der Waals surface area contributed by atoms with Gasteiger partial charge in [0.25, 0.3) is 0 Å². The van der Waals surface area contributed by atoms with Gasteiger partial charge in [0.2, 0.25) is 5.91 Å². The van der Waals surface area contributed by atoms with E-state index in [1.807, 2.05) is 24.3 Å². The fraction of sp³-hybridized carbons (Fsp3) is 0.0870. The molecule has 0 saturated carbocycles. The number of amides is 1. The SMILES string of the molecule is C#CCN1C(=O)C(c2ccc(O)cc2)(c2ccc(O)cc2)c2ccccc21. The molecule has 3 aromatic carbocycles. The highest BCUT2D eigenvalue weighted by molar-refractivity contribution is 6.13. The van der Waals surface area contributed by atoms with Crippen LogP contribution in [0.3, 0.4) is 0 Å². The van der Waals surface area contributed by atoms with Crippen LogP contribution in [-0.2, 0) is 10.2 Å². The van der Waals surface area contributed by atoms with Crippen molar-refractivity contribution < 1.29 is 15.0 Å². The van der Waals surface area contributed by atoms with Crippen LogP contribution in [0.4, 0.5) is 5.69 Å². The summed E-state index contributed by atoms with van der Waals surface area (Å²) >= 11 is 0. The first-order valence-corrected chi connectivity index (χ1v) is 8.53. The Hall–Kier alpha value is -3.71. The zero-order valence-corrected chi connectivity index (χ0v) is 14.5. The van der Waals surface area contributed by atoms with Gasteiger partial charge >= 0.3 is 0 Å². The quantitative estimate of drug-likeness (QED) is 0.708. The lowest BCUT2D eigenvalue weighted by Crippen LogP contribution is -2.42. The summed E-state index contributed by atoms with van der Waals surface area (Å²) in [5.74, 6) is 2.66. The number of carbonyl (C=O) groups is 1. The van der Waals surface area contributed by atoms with E-state index in [0.29, 0.717) is 0 Å². The highest BCUT2D eigenvalue weighted by Crippen LogP contribution is 2.50. The molecule has 1 heterocycles. The number of para-hydroxylation sites is 1. The summed E-state index contributed by atoms with van der Waals surface area (Å²) in [6.45, 7) is 0.160. The van der Waals surface area contributed by atoms with Gasteiger partial charge in [0.15, 0.2) is 0 Å². The van der Waals surface area contributed by atoms with Crippen molar-refractivity contribution in [3.8, 4) is 23.8 Å². The number of nitrogens with zero attached hydrogens (tertiary/aromatic N) is 1. The molecular formula is C23H17NO3. The minimum Gasteiger partial charge on any atom is -0.508 e. The molecular weight excluding hydrogens is 338 g/mol. The van der Waals surface area contributed by atoms with Gasteiger partial charge in [-0.05, 0) is 41.5 Å². The van der Waals surface area contributed by atoms with Crippen molar-refractivity contribution in [3.63, 3.8) is 0 Å². The van der Waals surface area contributed by atoms with Crippen LogP contribution >= 0.6 is 0 Å². The molecule has 1 amide bonds. The van der Waals surface area contributed by atoms with Crippen LogP contribution in [0.2, 0.25) is 0 Å². The average molecular weight is 355 g/mol. The Kier molecular flexibility index (Phi) is 3.86. The van der Waals surface area contributed by atoms with Gasteiger partial charge in [-0.15, -0.1) is 6.42 Å². The van der Waals surface area contributed by atoms with E-state index in [0.717, 1.165) is 22.4 Å². The van der Waals surface area contributed by atoms with Crippen LogP contribution in [0.25, 0.3) is 0 Å². The lowest BCUT2D eigenvalue weighted by atomic mass is 9.70. The Labute approximate surface area is 157 Å². The first kappa shape index (κ1) is 16.7. The largest absolute Gasteiger partial charge is 0.508 e. The predicted molar refractivity (Wildman–Crippen MR) is 104 cm³/mol. The van der Waals surface area contributed by atoms with Crippen molar-refractivity contribution in [2.45, 2.75) is 5.41 Å². The first-order valence-electron chi connectivity index (χ1n) is 8.53. The number of rotatable bonds is 3. The molecule has 4 nitrogen and oxygen atoms in total. The van der Waals surface area contributed by atoms with Crippen molar-refractivity contribution in [3.05, 3.63) is 89.5 Å². The van der Waals surface area contributed by atoms with Gasteiger partial charge in [0.05, 0.1) is 6.54 Å². The molecule has 0 unspecified atom stereocenters. The maximum Gasteiger partial charge on any atom is 0.247 e. The van der Waals surface area contributed by atoms with E-state index in [-0.39, 0.29) is 24.0 Å². The smallest absolute Gasteiger partial charge is 0.247 e. The highest BCUT2D eigenvalue weighted by atomic mass is 16.3. The van der Waals surface area contributed by atoms with Crippen molar-refractivity contribution in [2.24, 2.45) is 0 Å². The number of aromatic hydroxyl groups is 2. The predicted octanol–water partition coefficient (Wildman–Crippen LogP) is 3.41. The van der Waals surface area contributed by atoms with E-state index in [9.17, 15) is 15.0 Å². The Balaban J connectivity index is 2.07. The monoisotopic (exact) mass is 355 g/mol. The molecule has 3 aromatic rings. The van der Waals surface area contributed by atoms with E-state index < -0.39 is 5.41 Å². The lowest BCUT2D eigenvalue weighted by molar-refractivity contribution is -0.120. The number of hydrogen-bond acceptors (Lipinski definition) is 3. The van der Waals surface area contributed by atoms with E-state index in [2.05, 4.69) is 5.92 Å². The molecule has 0 atom stereocenters.